The fourth-order valence-electron chi connectivity index (χ4n) is 2.78. The summed E-state index contributed by atoms with van der Waals surface area (Å²) in [5.41, 5.74) is 4.00. The van der Waals surface area contributed by atoms with Gasteiger partial charge in [0.05, 0.1) is 6.10 Å². The van der Waals surface area contributed by atoms with Gasteiger partial charge < -0.3 is 15.3 Å². The Labute approximate surface area is 116 Å². The molecular formula is C16H26N2O. The van der Waals surface area contributed by atoms with Crippen molar-refractivity contribution in [2.45, 2.75) is 39.8 Å². The van der Waals surface area contributed by atoms with Gasteiger partial charge in [0.25, 0.3) is 0 Å². The van der Waals surface area contributed by atoms with E-state index in [1.54, 1.807) is 0 Å². The Hall–Kier alpha value is -1.06. The van der Waals surface area contributed by atoms with Gasteiger partial charge in [-0.2, -0.15) is 0 Å². The molecule has 106 valence electrons. The third kappa shape index (κ3) is 3.48. The zero-order valence-corrected chi connectivity index (χ0v) is 12.3. The van der Waals surface area contributed by atoms with Gasteiger partial charge in [0.2, 0.25) is 0 Å². The molecule has 2 unspecified atom stereocenters. The predicted octanol–water partition coefficient (Wildman–Crippen LogP) is 2.31. The van der Waals surface area contributed by atoms with Crippen LogP contribution in [-0.4, -0.2) is 30.8 Å². The van der Waals surface area contributed by atoms with Crippen LogP contribution in [0.3, 0.4) is 0 Å². The number of hydrogen-bond donors (Lipinski definition) is 2. The molecule has 0 aliphatic carbocycles. The molecule has 0 radical (unpaired) electrons. The van der Waals surface area contributed by atoms with E-state index in [2.05, 4.69) is 49.2 Å². The molecule has 1 fully saturated rings. The highest BCUT2D eigenvalue weighted by atomic mass is 16.3. The number of aryl methyl sites for hydroxylation is 1. The van der Waals surface area contributed by atoms with Crippen molar-refractivity contribution in [2.24, 2.45) is 5.92 Å². The van der Waals surface area contributed by atoms with Crippen LogP contribution >= 0.6 is 0 Å². The SMILES string of the molecule is CCNCc1cc(C)ccc1N1CCC(O)C(C)C1. The third-order valence-corrected chi connectivity index (χ3v) is 4.00. The Morgan fingerprint density at radius 2 is 2.21 bits per heavy atom. The summed E-state index contributed by atoms with van der Waals surface area (Å²) in [7, 11) is 0. The van der Waals surface area contributed by atoms with E-state index in [1.165, 1.54) is 16.8 Å². The van der Waals surface area contributed by atoms with E-state index in [0.717, 1.165) is 32.6 Å². The fraction of sp³-hybridized carbons (Fsp3) is 0.625. The summed E-state index contributed by atoms with van der Waals surface area (Å²) in [6.45, 7) is 10.2. The molecule has 1 saturated heterocycles. The molecule has 2 N–H and O–H groups in total. The summed E-state index contributed by atoms with van der Waals surface area (Å²) in [6, 6.07) is 6.68. The van der Waals surface area contributed by atoms with E-state index in [9.17, 15) is 5.11 Å². The van der Waals surface area contributed by atoms with Crippen LogP contribution in [0.4, 0.5) is 5.69 Å². The van der Waals surface area contributed by atoms with E-state index in [-0.39, 0.29) is 6.10 Å². The van der Waals surface area contributed by atoms with Crippen molar-refractivity contribution >= 4 is 5.69 Å². The Kier molecular flexibility index (Phi) is 4.83. The molecule has 0 saturated carbocycles. The Morgan fingerprint density at radius 3 is 2.89 bits per heavy atom. The standard InChI is InChI=1S/C16H26N2O/c1-4-17-10-14-9-12(2)5-6-15(14)18-8-7-16(19)13(3)11-18/h5-6,9,13,16-17,19H,4,7-8,10-11H2,1-3H3. The first-order chi connectivity index (χ1) is 9.11. The number of hydrogen-bond acceptors (Lipinski definition) is 3. The van der Waals surface area contributed by atoms with Crippen LogP contribution < -0.4 is 10.2 Å². The maximum Gasteiger partial charge on any atom is 0.0599 e. The average Bonchev–Trinajstić information content (AvgIpc) is 2.40. The normalized spacial score (nSPS) is 23.7. The molecule has 1 aliphatic heterocycles. The van der Waals surface area contributed by atoms with Gasteiger partial charge in [-0.05, 0) is 37.4 Å². The highest BCUT2D eigenvalue weighted by Gasteiger charge is 2.25. The van der Waals surface area contributed by atoms with Crippen molar-refractivity contribution in [1.82, 2.24) is 5.32 Å². The minimum atomic E-state index is -0.140. The summed E-state index contributed by atoms with van der Waals surface area (Å²) < 4.78 is 0. The topological polar surface area (TPSA) is 35.5 Å². The molecule has 0 aromatic heterocycles. The van der Waals surface area contributed by atoms with Crippen LogP contribution in [0.2, 0.25) is 0 Å². The number of anilines is 1. The van der Waals surface area contributed by atoms with Crippen molar-refractivity contribution in [1.29, 1.82) is 0 Å². The lowest BCUT2D eigenvalue weighted by Crippen LogP contribution is -2.42. The molecule has 1 aliphatic rings. The van der Waals surface area contributed by atoms with Crippen molar-refractivity contribution in [3.63, 3.8) is 0 Å². The van der Waals surface area contributed by atoms with Crippen molar-refractivity contribution in [2.75, 3.05) is 24.5 Å². The molecule has 2 rings (SSSR count). The molecule has 3 heteroatoms. The lowest BCUT2D eigenvalue weighted by molar-refractivity contribution is 0.0970. The summed E-state index contributed by atoms with van der Waals surface area (Å²) in [5.74, 6) is 0.349. The van der Waals surface area contributed by atoms with Gasteiger partial charge in [0.1, 0.15) is 0 Å². The van der Waals surface area contributed by atoms with Crippen LogP contribution in [0.5, 0.6) is 0 Å². The molecule has 19 heavy (non-hydrogen) atoms. The lowest BCUT2D eigenvalue weighted by Gasteiger charge is -2.37. The first kappa shape index (κ1) is 14.4. The van der Waals surface area contributed by atoms with Gasteiger partial charge in [0.15, 0.2) is 0 Å². The Bertz CT molecular complexity index is 419. The van der Waals surface area contributed by atoms with Gasteiger partial charge in [0, 0.05) is 25.3 Å². The highest BCUT2D eigenvalue weighted by Crippen LogP contribution is 2.27. The van der Waals surface area contributed by atoms with E-state index < -0.39 is 0 Å². The van der Waals surface area contributed by atoms with Crippen LogP contribution in [0.1, 0.15) is 31.4 Å². The minimum absolute atomic E-state index is 0.140. The summed E-state index contributed by atoms with van der Waals surface area (Å²) >= 11 is 0. The first-order valence-corrected chi connectivity index (χ1v) is 7.35. The molecule has 1 heterocycles. The van der Waals surface area contributed by atoms with Crippen LogP contribution in [0, 0.1) is 12.8 Å². The second kappa shape index (κ2) is 6.40. The predicted molar refractivity (Wildman–Crippen MR) is 80.6 cm³/mol. The fourth-order valence-corrected chi connectivity index (χ4v) is 2.78. The maximum atomic E-state index is 9.86. The Balaban J connectivity index is 2.18. The van der Waals surface area contributed by atoms with Gasteiger partial charge in [-0.25, -0.2) is 0 Å². The van der Waals surface area contributed by atoms with Crippen molar-refractivity contribution in [3.8, 4) is 0 Å². The van der Waals surface area contributed by atoms with Gasteiger partial charge in [-0.15, -0.1) is 0 Å². The quantitative estimate of drug-likeness (QED) is 0.874. The monoisotopic (exact) mass is 262 g/mol. The molecular weight excluding hydrogens is 236 g/mol. The average molecular weight is 262 g/mol. The highest BCUT2D eigenvalue weighted by molar-refractivity contribution is 5.55. The summed E-state index contributed by atoms with van der Waals surface area (Å²) in [5, 5.41) is 13.3. The van der Waals surface area contributed by atoms with Crippen LogP contribution in [-0.2, 0) is 6.54 Å². The lowest BCUT2D eigenvalue weighted by atomic mass is 9.95. The zero-order valence-electron chi connectivity index (χ0n) is 12.3. The second-order valence-corrected chi connectivity index (χ2v) is 5.69. The van der Waals surface area contributed by atoms with Crippen molar-refractivity contribution < 1.29 is 5.11 Å². The Morgan fingerprint density at radius 1 is 1.42 bits per heavy atom. The number of aliphatic hydroxyl groups excluding tert-OH is 1. The largest absolute Gasteiger partial charge is 0.393 e. The van der Waals surface area contributed by atoms with Gasteiger partial charge in [-0.1, -0.05) is 31.5 Å². The van der Waals surface area contributed by atoms with Gasteiger partial charge >= 0.3 is 0 Å². The molecule has 3 nitrogen and oxygen atoms in total. The molecule has 1 aromatic carbocycles. The van der Waals surface area contributed by atoms with Crippen LogP contribution in [0.25, 0.3) is 0 Å². The van der Waals surface area contributed by atoms with E-state index in [1.807, 2.05) is 0 Å². The van der Waals surface area contributed by atoms with Crippen LogP contribution in [0.15, 0.2) is 18.2 Å². The zero-order chi connectivity index (χ0) is 13.8. The summed E-state index contributed by atoms with van der Waals surface area (Å²) in [4.78, 5) is 2.42. The number of benzene rings is 1. The molecule has 1 aromatic rings. The van der Waals surface area contributed by atoms with E-state index in [0.29, 0.717) is 5.92 Å². The first-order valence-electron chi connectivity index (χ1n) is 7.35. The maximum absolute atomic E-state index is 9.86. The van der Waals surface area contributed by atoms with Gasteiger partial charge in [-0.3, -0.25) is 0 Å². The molecule has 0 amide bonds. The second-order valence-electron chi connectivity index (χ2n) is 5.69. The van der Waals surface area contributed by atoms with E-state index in [4.69, 9.17) is 0 Å². The minimum Gasteiger partial charge on any atom is -0.393 e. The van der Waals surface area contributed by atoms with Crippen molar-refractivity contribution in [3.05, 3.63) is 29.3 Å². The number of nitrogens with zero attached hydrogens (tertiary/aromatic N) is 1. The smallest absolute Gasteiger partial charge is 0.0599 e. The number of piperidine rings is 1. The molecule has 0 spiro atoms. The molecule has 2 atom stereocenters. The molecule has 0 bridgehead atoms. The third-order valence-electron chi connectivity index (χ3n) is 4.00. The van der Waals surface area contributed by atoms with E-state index >= 15 is 0 Å². The number of aliphatic hydroxyl groups is 1. The number of rotatable bonds is 4. The number of nitrogens with one attached hydrogen (secondary N) is 1. The summed E-state index contributed by atoms with van der Waals surface area (Å²) in [6.07, 6.45) is 0.731.